The Kier molecular flexibility index (Phi) is 11.7. The third-order valence-electron chi connectivity index (χ3n) is 6.62. The number of carbonyl (C=O) groups excluding carboxylic acids is 1. The summed E-state index contributed by atoms with van der Waals surface area (Å²) in [5, 5.41) is 3.50. The zero-order valence-electron chi connectivity index (χ0n) is 22.6. The first kappa shape index (κ1) is 42.4. The second-order valence-corrected chi connectivity index (χ2v) is 11.7. The van der Waals surface area contributed by atoms with E-state index in [1.807, 2.05) is 5.32 Å². The lowest BCUT2D eigenvalue weighted by atomic mass is 9.91. The molecule has 1 rings (SSSR count). The van der Waals surface area contributed by atoms with Gasteiger partial charge in [-0.25, -0.2) is 13.2 Å². The molecule has 0 aromatic heterocycles. The molecular formula is C19H22F17N5O5S. The molecule has 0 radical (unpaired) electrons. The summed E-state index contributed by atoms with van der Waals surface area (Å²) in [6.07, 6.45) is -10.4. The van der Waals surface area contributed by atoms with Crippen molar-refractivity contribution < 1.29 is 97.8 Å². The number of amides is 2. The highest BCUT2D eigenvalue weighted by Gasteiger charge is 2.96. The number of nitrogens with two attached hydrogens (primary N) is 2. The normalized spacial score (nSPS) is 19.5. The number of unbranched alkanes of at least 4 members (excludes halogenated alkanes) is 1. The lowest BCUT2D eigenvalue weighted by Gasteiger charge is -2.44. The van der Waals surface area contributed by atoms with Crippen LogP contribution in [-0.2, 0) is 14.8 Å². The molecule has 0 bridgehead atoms. The molecule has 278 valence electrons. The number of piperazine rings is 1. The van der Waals surface area contributed by atoms with Crippen molar-refractivity contribution in [3.05, 3.63) is 0 Å². The Labute approximate surface area is 251 Å². The lowest BCUT2D eigenvalue weighted by molar-refractivity contribution is -0.458. The predicted molar refractivity (Wildman–Crippen MR) is 119 cm³/mol. The smallest absolute Gasteiger partial charge is 0.460 e. The molecule has 1 aliphatic heterocycles. The van der Waals surface area contributed by atoms with Crippen LogP contribution in [0.1, 0.15) is 19.3 Å². The maximum atomic E-state index is 14.7. The Morgan fingerprint density at radius 1 is 0.745 bits per heavy atom. The number of hydrogen-bond acceptors (Lipinski definition) is 6. The molecule has 1 heterocycles. The van der Waals surface area contributed by atoms with E-state index in [1.54, 1.807) is 0 Å². The fraction of sp³-hybridized carbons (Fsp3) is 0.895. The minimum atomic E-state index is -8.99. The van der Waals surface area contributed by atoms with E-state index in [2.05, 4.69) is 0 Å². The molecule has 0 spiro atoms. The highest BCUT2D eigenvalue weighted by atomic mass is 32.2. The number of halogens is 17. The fourth-order valence-electron chi connectivity index (χ4n) is 3.86. The summed E-state index contributed by atoms with van der Waals surface area (Å²) in [6.45, 7) is -4.79. The Hall–Kier alpha value is -2.62. The number of primary amides is 1. The van der Waals surface area contributed by atoms with Crippen molar-refractivity contribution in [1.82, 2.24) is 14.5 Å². The van der Waals surface area contributed by atoms with Gasteiger partial charge in [-0.15, -0.1) is 0 Å². The summed E-state index contributed by atoms with van der Waals surface area (Å²) in [5.41, 5.74) is 10.2. The van der Waals surface area contributed by atoms with Gasteiger partial charge in [-0.1, -0.05) is 6.42 Å². The molecule has 2 amide bonds. The van der Waals surface area contributed by atoms with Gasteiger partial charge < -0.3 is 21.5 Å². The standard InChI is InChI=1S/C19H22F17N5O5S/c20-12(21,14(24,25)16(28,29)18(32,33)34)13(22,23)15(26,27)17(30,31)19(35,36)47(45,46)40-5-6-41(11(38)44)9(7-40)39-8(10(42)43)3-1-2-4-37/h8-9,39H,1-7,37H2,(H2,38,44)(H,42,43)/t8-,9?/m0/s1. The van der Waals surface area contributed by atoms with Gasteiger partial charge in [0, 0.05) is 19.6 Å². The molecule has 1 aliphatic rings. The highest BCUT2D eigenvalue weighted by Crippen LogP contribution is 2.64. The van der Waals surface area contributed by atoms with Crippen molar-refractivity contribution in [2.45, 2.75) is 78.4 Å². The number of aliphatic carboxylic acids is 1. The second-order valence-electron chi connectivity index (χ2n) is 9.71. The van der Waals surface area contributed by atoms with Crippen LogP contribution in [0, 0.1) is 0 Å². The van der Waals surface area contributed by atoms with Crippen LogP contribution in [0.2, 0.25) is 0 Å². The third kappa shape index (κ3) is 6.69. The van der Waals surface area contributed by atoms with Gasteiger partial charge >= 0.3 is 59.0 Å². The van der Waals surface area contributed by atoms with Gasteiger partial charge in [0.15, 0.2) is 0 Å². The van der Waals surface area contributed by atoms with Crippen LogP contribution in [0.15, 0.2) is 0 Å². The highest BCUT2D eigenvalue weighted by molar-refractivity contribution is 7.90. The summed E-state index contributed by atoms with van der Waals surface area (Å²) in [6, 6.07) is -3.41. The molecule has 0 saturated carbocycles. The monoisotopic (exact) mass is 755 g/mol. The van der Waals surface area contributed by atoms with Crippen LogP contribution in [-0.4, -0.2) is 120 Å². The SMILES string of the molecule is NCCCC[C@H](NC1CN(S(=O)(=O)C(F)(F)C(F)(F)C(F)(F)C(F)(F)C(F)(F)C(F)(F)C(F)(F)C(F)(F)F)CCN1C(N)=O)C(=O)O. The van der Waals surface area contributed by atoms with Crippen LogP contribution >= 0.6 is 0 Å². The van der Waals surface area contributed by atoms with Gasteiger partial charge in [-0.05, 0) is 19.4 Å². The summed E-state index contributed by atoms with van der Waals surface area (Å²) in [7, 11) is -7.66. The number of nitrogens with one attached hydrogen (secondary N) is 1. The molecule has 10 nitrogen and oxygen atoms in total. The third-order valence-corrected chi connectivity index (χ3v) is 8.54. The van der Waals surface area contributed by atoms with E-state index in [0.29, 0.717) is 0 Å². The zero-order valence-corrected chi connectivity index (χ0v) is 23.4. The number of rotatable bonds is 15. The van der Waals surface area contributed by atoms with E-state index in [-0.39, 0.29) is 24.3 Å². The number of sulfonamides is 1. The molecule has 47 heavy (non-hydrogen) atoms. The summed E-state index contributed by atoms with van der Waals surface area (Å²) >= 11 is 0. The van der Waals surface area contributed by atoms with Crippen molar-refractivity contribution in [1.29, 1.82) is 0 Å². The quantitative estimate of drug-likeness (QED) is 0.147. The van der Waals surface area contributed by atoms with Crippen LogP contribution in [0.3, 0.4) is 0 Å². The van der Waals surface area contributed by atoms with Crippen molar-refractivity contribution in [3.8, 4) is 0 Å². The minimum absolute atomic E-state index is 0.00347. The maximum absolute atomic E-state index is 14.7. The van der Waals surface area contributed by atoms with Gasteiger partial charge in [-0.2, -0.15) is 78.9 Å². The minimum Gasteiger partial charge on any atom is -0.480 e. The Balaban J connectivity index is 3.65. The van der Waals surface area contributed by atoms with Crippen LogP contribution in [0.25, 0.3) is 0 Å². The number of hydrogen-bond donors (Lipinski definition) is 4. The number of nitrogens with zero attached hydrogens (tertiary/aromatic N) is 2. The van der Waals surface area contributed by atoms with E-state index in [9.17, 15) is 97.8 Å². The van der Waals surface area contributed by atoms with E-state index < -0.39 is 112 Å². The van der Waals surface area contributed by atoms with Crippen molar-refractivity contribution >= 4 is 22.0 Å². The van der Waals surface area contributed by atoms with E-state index in [0.717, 1.165) is 0 Å². The van der Waals surface area contributed by atoms with Gasteiger partial charge in [0.1, 0.15) is 6.04 Å². The number of carbonyl (C=O) groups is 2. The van der Waals surface area contributed by atoms with Gasteiger partial charge in [0.05, 0.1) is 6.17 Å². The number of carboxylic acid groups (broad SMARTS) is 1. The van der Waals surface area contributed by atoms with Crippen molar-refractivity contribution in [2.75, 3.05) is 26.2 Å². The number of alkyl halides is 17. The van der Waals surface area contributed by atoms with Crippen LogP contribution in [0.5, 0.6) is 0 Å². The molecule has 0 aromatic rings. The fourth-order valence-corrected chi connectivity index (χ4v) is 5.30. The van der Waals surface area contributed by atoms with Gasteiger partial charge in [-0.3, -0.25) is 10.1 Å². The first-order valence-corrected chi connectivity index (χ1v) is 13.6. The van der Waals surface area contributed by atoms with Crippen molar-refractivity contribution in [3.63, 3.8) is 0 Å². The largest absolute Gasteiger partial charge is 0.480 e. The lowest BCUT2D eigenvalue weighted by Crippen LogP contribution is -2.75. The molecule has 2 atom stereocenters. The molecule has 28 heteroatoms. The van der Waals surface area contributed by atoms with Gasteiger partial charge in [0.25, 0.3) is 10.0 Å². The van der Waals surface area contributed by atoms with E-state index >= 15 is 0 Å². The van der Waals surface area contributed by atoms with E-state index in [4.69, 9.17) is 11.5 Å². The Morgan fingerprint density at radius 3 is 1.55 bits per heavy atom. The van der Waals surface area contributed by atoms with Crippen LogP contribution < -0.4 is 16.8 Å². The van der Waals surface area contributed by atoms with Crippen molar-refractivity contribution in [2.24, 2.45) is 11.5 Å². The molecule has 1 saturated heterocycles. The summed E-state index contributed by atoms with van der Waals surface area (Å²) in [5.74, 6) is -54.3. The Morgan fingerprint density at radius 2 is 1.17 bits per heavy atom. The second kappa shape index (κ2) is 13.0. The van der Waals surface area contributed by atoms with Gasteiger partial charge in [0.2, 0.25) is 0 Å². The summed E-state index contributed by atoms with van der Waals surface area (Å²) in [4.78, 5) is 23.5. The molecule has 6 N–H and O–H groups in total. The Bertz CT molecular complexity index is 1260. The molecular weight excluding hydrogens is 733 g/mol. The van der Waals surface area contributed by atoms with E-state index in [1.165, 1.54) is 0 Å². The average molecular weight is 755 g/mol. The first-order chi connectivity index (χ1) is 20.7. The predicted octanol–water partition coefficient (Wildman–Crippen LogP) is 3.48. The maximum Gasteiger partial charge on any atom is 0.460 e. The van der Waals surface area contributed by atoms with Crippen LogP contribution in [0.4, 0.5) is 79.4 Å². The first-order valence-electron chi connectivity index (χ1n) is 12.1. The number of carboxylic acids is 1. The topological polar surface area (TPSA) is 159 Å². The molecule has 1 fully saturated rings. The summed E-state index contributed by atoms with van der Waals surface area (Å²) < 4.78 is 255. The molecule has 0 aliphatic carbocycles. The molecule has 0 aromatic carbocycles. The molecule has 1 unspecified atom stereocenters. The zero-order chi connectivity index (χ0) is 37.6. The number of urea groups is 1. The average Bonchev–Trinajstić information content (AvgIpc) is 2.90.